The van der Waals surface area contributed by atoms with Crippen LogP contribution < -0.4 is 5.32 Å². The van der Waals surface area contributed by atoms with E-state index in [1.807, 2.05) is 18.8 Å². The molecule has 0 aliphatic carbocycles. The smallest absolute Gasteiger partial charge is 0.193 e. The fourth-order valence-electron chi connectivity index (χ4n) is 2.95. The van der Waals surface area contributed by atoms with Crippen molar-refractivity contribution in [3.63, 3.8) is 0 Å². The number of hydrogen-bond acceptors (Lipinski definition) is 3. The average Bonchev–Trinajstić information content (AvgIpc) is 3.09. The fourth-order valence-corrected chi connectivity index (χ4v) is 4.53. The van der Waals surface area contributed by atoms with Gasteiger partial charge in [0, 0.05) is 48.6 Å². The van der Waals surface area contributed by atoms with E-state index in [0.29, 0.717) is 5.92 Å². The minimum absolute atomic E-state index is 0. The lowest BCUT2D eigenvalue weighted by atomic mass is 10.1. The van der Waals surface area contributed by atoms with Crippen molar-refractivity contribution in [3.8, 4) is 0 Å². The second-order valence-electron chi connectivity index (χ2n) is 6.22. The Hall–Kier alpha value is 0.01000. The van der Waals surface area contributed by atoms with Gasteiger partial charge in [-0.15, -0.1) is 35.7 Å². The Morgan fingerprint density at radius 2 is 2.19 bits per heavy atom. The van der Waals surface area contributed by atoms with Gasteiger partial charge in [-0.25, -0.2) is 0 Å². The summed E-state index contributed by atoms with van der Waals surface area (Å²) in [5.41, 5.74) is 0. The first-order valence-corrected chi connectivity index (χ1v) is 10.9. The molecule has 1 saturated heterocycles. The summed E-state index contributed by atoms with van der Waals surface area (Å²) in [6.07, 6.45) is 3.55. The molecule has 1 atom stereocenters. The van der Waals surface area contributed by atoms with E-state index >= 15 is 0 Å². The van der Waals surface area contributed by atoms with Gasteiger partial charge >= 0.3 is 0 Å². The van der Waals surface area contributed by atoms with E-state index in [-0.39, 0.29) is 24.0 Å². The summed E-state index contributed by atoms with van der Waals surface area (Å²) in [4.78, 5) is 8.12. The van der Waals surface area contributed by atoms with E-state index in [4.69, 9.17) is 4.74 Å². The fraction of sp³-hybridized carbons (Fsp3) is 0.632. The minimum Gasteiger partial charge on any atom is -0.381 e. The molecule has 1 heterocycles. The number of nitrogens with one attached hydrogen (secondary N) is 1. The van der Waals surface area contributed by atoms with Crippen LogP contribution in [0.4, 0.5) is 0 Å². The van der Waals surface area contributed by atoms with Crippen LogP contribution >= 0.6 is 51.7 Å². The normalized spacial score (nSPS) is 17.3. The predicted molar refractivity (Wildman–Crippen MR) is 127 cm³/mol. The summed E-state index contributed by atoms with van der Waals surface area (Å²) < 4.78 is 6.75. The molecule has 1 aromatic carbocycles. The molecule has 148 valence electrons. The Kier molecular flexibility index (Phi) is 13.0. The first kappa shape index (κ1) is 24.0. The molecule has 7 heteroatoms. The maximum absolute atomic E-state index is 5.56. The number of guanidine groups is 1. The van der Waals surface area contributed by atoms with E-state index < -0.39 is 0 Å². The van der Waals surface area contributed by atoms with Crippen LogP contribution in [0.1, 0.15) is 26.2 Å². The van der Waals surface area contributed by atoms with Crippen molar-refractivity contribution in [2.24, 2.45) is 10.9 Å². The molecule has 1 unspecified atom stereocenters. The summed E-state index contributed by atoms with van der Waals surface area (Å²) in [7, 11) is 1.88. The van der Waals surface area contributed by atoms with Gasteiger partial charge in [-0.05, 0) is 60.0 Å². The molecule has 1 aliphatic rings. The Morgan fingerprint density at radius 3 is 2.92 bits per heavy atom. The zero-order chi connectivity index (χ0) is 17.9. The lowest BCUT2D eigenvalue weighted by molar-refractivity contribution is 0.114. The summed E-state index contributed by atoms with van der Waals surface area (Å²) >= 11 is 5.52. The third-order valence-electron chi connectivity index (χ3n) is 4.30. The highest BCUT2D eigenvalue weighted by Gasteiger charge is 2.24. The second-order valence-corrected chi connectivity index (χ2v) is 8.21. The zero-order valence-electron chi connectivity index (χ0n) is 15.7. The van der Waals surface area contributed by atoms with Crippen LogP contribution in [0.15, 0.2) is 38.6 Å². The molecule has 4 nitrogen and oxygen atoms in total. The Morgan fingerprint density at radius 1 is 1.38 bits per heavy atom. The molecule has 1 N–H and O–H groups in total. The molecule has 1 aliphatic heterocycles. The Balaban J connectivity index is 0.00000338. The zero-order valence-corrected chi connectivity index (χ0v) is 20.5. The molecule has 1 aromatic rings. The highest BCUT2D eigenvalue weighted by atomic mass is 127. The molecular formula is C19H31BrIN3OS. The minimum atomic E-state index is 0. The van der Waals surface area contributed by atoms with Gasteiger partial charge in [-0.2, -0.15) is 0 Å². The molecule has 1 fully saturated rings. The number of unbranched alkanes of at least 4 members (excludes halogenated alkanes) is 1. The van der Waals surface area contributed by atoms with Gasteiger partial charge in [0.1, 0.15) is 0 Å². The van der Waals surface area contributed by atoms with Gasteiger partial charge in [0.2, 0.25) is 0 Å². The number of likely N-dealkylation sites (tertiary alicyclic amines) is 1. The number of rotatable bonds is 9. The van der Waals surface area contributed by atoms with Crippen molar-refractivity contribution < 1.29 is 4.74 Å². The van der Waals surface area contributed by atoms with Crippen LogP contribution in [0.3, 0.4) is 0 Å². The molecule has 0 bridgehead atoms. The summed E-state index contributed by atoms with van der Waals surface area (Å²) in [5.74, 6) is 2.82. The molecule has 0 radical (unpaired) electrons. The van der Waals surface area contributed by atoms with Crippen molar-refractivity contribution in [1.82, 2.24) is 10.2 Å². The third kappa shape index (κ3) is 8.35. The first-order valence-electron chi connectivity index (χ1n) is 9.15. The molecule has 26 heavy (non-hydrogen) atoms. The average molecular weight is 556 g/mol. The molecule has 0 aromatic heterocycles. The lowest BCUT2D eigenvalue weighted by Gasteiger charge is -2.21. The quantitative estimate of drug-likeness (QED) is 0.155. The monoisotopic (exact) mass is 555 g/mol. The van der Waals surface area contributed by atoms with Crippen LogP contribution in [0, 0.1) is 5.92 Å². The van der Waals surface area contributed by atoms with Crippen LogP contribution in [-0.2, 0) is 4.74 Å². The highest BCUT2D eigenvalue weighted by Crippen LogP contribution is 2.27. The SMILES string of the molecule is CCOCC1CCN(C(=NC)NCCCCSc2ccccc2Br)C1.I. The van der Waals surface area contributed by atoms with Crippen LogP contribution in [-0.4, -0.2) is 56.5 Å². The van der Waals surface area contributed by atoms with E-state index in [1.165, 1.54) is 22.2 Å². The number of halogens is 2. The van der Waals surface area contributed by atoms with Gasteiger partial charge in [0.05, 0.1) is 6.61 Å². The van der Waals surface area contributed by atoms with Gasteiger partial charge in [-0.3, -0.25) is 4.99 Å². The second kappa shape index (κ2) is 14.1. The summed E-state index contributed by atoms with van der Waals surface area (Å²) in [6.45, 7) is 6.85. The lowest BCUT2D eigenvalue weighted by Crippen LogP contribution is -2.40. The third-order valence-corrected chi connectivity index (χ3v) is 6.42. The molecule has 0 saturated carbocycles. The van der Waals surface area contributed by atoms with Crippen molar-refractivity contribution in [1.29, 1.82) is 0 Å². The summed E-state index contributed by atoms with van der Waals surface area (Å²) in [6, 6.07) is 8.41. The van der Waals surface area contributed by atoms with Crippen LogP contribution in [0.2, 0.25) is 0 Å². The van der Waals surface area contributed by atoms with Crippen LogP contribution in [0.5, 0.6) is 0 Å². The van der Waals surface area contributed by atoms with E-state index in [2.05, 4.69) is 62.3 Å². The topological polar surface area (TPSA) is 36.9 Å². The van der Waals surface area contributed by atoms with E-state index in [0.717, 1.165) is 51.0 Å². The van der Waals surface area contributed by atoms with Gasteiger partial charge in [-0.1, -0.05) is 12.1 Å². The maximum atomic E-state index is 5.56. The maximum Gasteiger partial charge on any atom is 0.193 e. The van der Waals surface area contributed by atoms with Gasteiger partial charge in [0.15, 0.2) is 5.96 Å². The Labute approximate surface area is 188 Å². The number of hydrogen-bond donors (Lipinski definition) is 1. The van der Waals surface area contributed by atoms with E-state index in [9.17, 15) is 0 Å². The van der Waals surface area contributed by atoms with Crippen molar-refractivity contribution in [3.05, 3.63) is 28.7 Å². The number of benzene rings is 1. The standard InChI is InChI=1S/C19H30BrN3OS.HI/c1-3-24-15-16-10-12-23(14-16)19(21-2)22-11-6-7-13-25-18-9-5-4-8-17(18)20;/h4-5,8-9,16H,3,6-7,10-15H2,1-2H3,(H,21,22);1H. The molecule has 0 amide bonds. The predicted octanol–water partition coefficient (Wildman–Crippen LogP) is 4.87. The number of ether oxygens (including phenoxy) is 1. The highest BCUT2D eigenvalue weighted by molar-refractivity contribution is 14.0. The molecular weight excluding hydrogens is 525 g/mol. The van der Waals surface area contributed by atoms with E-state index in [1.54, 1.807) is 0 Å². The first-order chi connectivity index (χ1) is 12.2. The van der Waals surface area contributed by atoms with Gasteiger partial charge < -0.3 is 15.0 Å². The molecule has 0 spiro atoms. The van der Waals surface area contributed by atoms with Crippen LogP contribution in [0.25, 0.3) is 0 Å². The van der Waals surface area contributed by atoms with Crippen molar-refractivity contribution >= 4 is 57.6 Å². The number of thioether (sulfide) groups is 1. The largest absolute Gasteiger partial charge is 0.381 e. The Bertz CT molecular complexity index is 547. The van der Waals surface area contributed by atoms with Crippen molar-refractivity contribution in [2.45, 2.75) is 31.1 Å². The van der Waals surface area contributed by atoms with Gasteiger partial charge in [0.25, 0.3) is 0 Å². The molecule has 2 rings (SSSR count). The number of nitrogens with zero attached hydrogens (tertiary/aromatic N) is 2. The summed E-state index contributed by atoms with van der Waals surface area (Å²) in [5, 5.41) is 3.51. The van der Waals surface area contributed by atoms with Crippen molar-refractivity contribution in [2.75, 3.05) is 45.6 Å². The number of aliphatic imine (C=N–C) groups is 1.